The summed E-state index contributed by atoms with van der Waals surface area (Å²) in [6, 6.07) is 1.92. The average molecular weight is 617 g/mol. The summed E-state index contributed by atoms with van der Waals surface area (Å²) in [5.74, 6) is 1.51. The molecule has 0 atom stereocenters. The highest BCUT2D eigenvalue weighted by atomic mass is 127. The summed E-state index contributed by atoms with van der Waals surface area (Å²) in [5.41, 5.74) is 3.88. The molecule has 4 heterocycles. The van der Waals surface area contributed by atoms with Crippen LogP contribution in [0.4, 0.5) is 21.8 Å². The maximum Gasteiger partial charge on any atom is 0.240 e. The molecular formula is C27H34FIN8. The first-order chi connectivity index (χ1) is 17.7. The summed E-state index contributed by atoms with van der Waals surface area (Å²) >= 11 is 2.10. The number of piperazine rings is 1. The quantitative estimate of drug-likeness (QED) is 0.181. The molecule has 0 aliphatic carbocycles. The molecular weight excluding hydrogens is 582 g/mol. The zero-order valence-electron chi connectivity index (χ0n) is 22.1. The highest BCUT2D eigenvalue weighted by Gasteiger charge is 2.19. The van der Waals surface area contributed by atoms with Crippen LogP contribution in [0.25, 0.3) is 11.6 Å². The lowest BCUT2D eigenvalue weighted by Crippen LogP contribution is -2.46. The van der Waals surface area contributed by atoms with E-state index in [4.69, 9.17) is 0 Å². The van der Waals surface area contributed by atoms with Crippen molar-refractivity contribution in [1.82, 2.24) is 29.4 Å². The SMILES string of the molecule is C=C/C(=C\c1c(C)nc(C)n1C(C)C)c1cc(N(I)c2ncc(N3CCN(CC)CC3)cn2)ncc1F. The minimum absolute atomic E-state index is 0.219. The van der Waals surface area contributed by atoms with Gasteiger partial charge in [-0.1, -0.05) is 19.6 Å². The summed E-state index contributed by atoms with van der Waals surface area (Å²) in [5, 5.41) is 0. The Morgan fingerprint density at radius 1 is 1.14 bits per heavy atom. The smallest absolute Gasteiger partial charge is 0.240 e. The predicted octanol–water partition coefficient (Wildman–Crippen LogP) is 5.76. The van der Waals surface area contributed by atoms with Gasteiger partial charge in [0.2, 0.25) is 5.95 Å². The fraction of sp³-hybridized carbons (Fsp3) is 0.407. The monoisotopic (exact) mass is 616 g/mol. The molecule has 0 N–H and O–H groups in total. The minimum Gasteiger partial charge on any atom is -0.366 e. The number of anilines is 3. The highest BCUT2D eigenvalue weighted by Crippen LogP contribution is 2.31. The van der Waals surface area contributed by atoms with Gasteiger partial charge in [-0.25, -0.2) is 27.4 Å². The van der Waals surface area contributed by atoms with Crippen LogP contribution < -0.4 is 8.01 Å². The van der Waals surface area contributed by atoms with Crippen molar-refractivity contribution in [2.75, 3.05) is 40.7 Å². The van der Waals surface area contributed by atoms with Crippen LogP contribution in [0.2, 0.25) is 0 Å². The van der Waals surface area contributed by atoms with E-state index in [9.17, 15) is 0 Å². The Kier molecular flexibility index (Phi) is 8.58. The third-order valence-electron chi connectivity index (χ3n) is 6.67. The lowest BCUT2D eigenvalue weighted by molar-refractivity contribution is 0.271. The number of aryl methyl sites for hydroxylation is 2. The summed E-state index contributed by atoms with van der Waals surface area (Å²) < 4.78 is 18.9. The fourth-order valence-corrected chi connectivity index (χ4v) is 5.20. The van der Waals surface area contributed by atoms with Gasteiger partial charge in [0.25, 0.3) is 0 Å². The Labute approximate surface area is 232 Å². The molecule has 0 radical (unpaired) electrons. The normalized spacial score (nSPS) is 14.9. The number of aromatic nitrogens is 5. The lowest BCUT2D eigenvalue weighted by atomic mass is 10.0. The van der Waals surface area contributed by atoms with E-state index in [1.165, 1.54) is 6.20 Å². The summed E-state index contributed by atoms with van der Waals surface area (Å²) in [6.45, 7) is 19.4. The van der Waals surface area contributed by atoms with Gasteiger partial charge in [0.1, 0.15) is 17.5 Å². The van der Waals surface area contributed by atoms with Gasteiger partial charge in [-0.2, -0.15) is 0 Å². The maximum atomic E-state index is 15.0. The first-order valence-electron chi connectivity index (χ1n) is 12.5. The predicted molar refractivity (Wildman–Crippen MR) is 157 cm³/mol. The highest BCUT2D eigenvalue weighted by molar-refractivity contribution is 14.1. The van der Waals surface area contributed by atoms with Crippen LogP contribution in [0.5, 0.6) is 0 Å². The molecule has 1 saturated heterocycles. The second-order valence-electron chi connectivity index (χ2n) is 9.36. The van der Waals surface area contributed by atoms with E-state index < -0.39 is 5.82 Å². The van der Waals surface area contributed by atoms with Crippen molar-refractivity contribution in [2.45, 2.75) is 40.7 Å². The zero-order chi connectivity index (χ0) is 26.7. The van der Waals surface area contributed by atoms with Crippen molar-refractivity contribution in [3.8, 4) is 0 Å². The second-order valence-corrected chi connectivity index (χ2v) is 10.3. The average Bonchev–Trinajstić information content (AvgIpc) is 3.19. The summed E-state index contributed by atoms with van der Waals surface area (Å²) in [6.07, 6.45) is 8.51. The van der Waals surface area contributed by atoms with Gasteiger partial charge in [0.05, 0.1) is 58.5 Å². The van der Waals surface area contributed by atoms with Gasteiger partial charge in [0.15, 0.2) is 0 Å². The largest absolute Gasteiger partial charge is 0.366 e. The molecule has 0 bridgehead atoms. The van der Waals surface area contributed by atoms with Crippen molar-refractivity contribution >= 4 is 52.0 Å². The van der Waals surface area contributed by atoms with E-state index >= 15 is 4.39 Å². The summed E-state index contributed by atoms with van der Waals surface area (Å²) in [4.78, 5) is 22.8. The molecule has 0 saturated carbocycles. The summed E-state index contributed by atoms with van der Waals surface area (Å²) in [7, 11) is 0. The van der Waals surface area contributed by atoms with Crippen molar-refractivity contribution < 1.29 is 4.39 Å². The molecule has 10 heteroatoms. The van der Waals surface area contributed by atoms with Crippen molar-refractivity contribution in [3.05, 3.63) is 65.9 Å². The van der Waals surface area contributed by atoms with E-state index in [1.54, 1.807) is 15.3 Å². The molecule has 0 aromatic carbocycles. The van der Waals surface area contributed by atoms with Crippen molar-refractivity contribution in [2.24, 2.45) is 0 Å². The van der Waals surface area contributed by atoms with Gasteiger partial charge in [0, 0.05) is 37.8 Å². The topological polar surface area (TPSA) is 66.2 Å². The Morgan fingerprint density at radius 3 is 2.41 bits per heavy atom. The lowest BCUT2D eigenvalue weighted by Gasteiger charge is -2.35. The second kappa shape index (κ2) is 11.7. The molecule has 37 heavy (non-hydrogen) atoms. The number of rotatable bonds is 8. The number of allylic oxidation sites excluding steroid dienone is 2. The zero-order valence-corrected chi connectivity index (χ0v) is 24.3. The molecule has 0 spiro atoms. The number of halogens is 2. The van der Waals surface area contributed by atoms with Gasteiger partial charge >= 0.3 is 0 Å². The van der Waals surface area contributed by atoms with E-state index in [-0.39, 0.29) is 6.04 Å². The van der Waals surface area contributed by atoms with Crippen LogP contribution in [0, 0.1) is 19.7 Å². The van der Waals surface area contributed by atoms with Crippen molar-refractivity contribution in [3.63, 3.8) is 0 Å². The van der Waals surface area contributed by atoms with Crippen LogP contribution in [0.3, 0.4) is 0 Å². The van der Waals surface area contributed by atoms with Gasteiger partial charge < -0.3 is 14.4 Å². The molecule has 0 unspecified atom stereocenters. The van der Waals surface area contributed by atoms with Crippen LogP contribution in [0.15, 0.2) is 37.3 Å². The molecule has 3 aromatic rings. The Morgan fingerprint density at radius 2 is 1.81 bits per heavy atom. The fourth-order valence-electron chi connectivity index (χ4n) is 4.68. The first kappa shape index (κ1) is 27.2. The Hall–Kier alpha value is -2.86. The van der Waals surface area contributed by atoms with Gasteiger partial charge in [-0.15, -0.1) is 0 Å². The third kappa shape index (κ3) is 5.85. The van der Waals surface area contributed by atoms with Crippen LogP contribution in [-0.4, -0.2) is 62.1 Å². The number of imidazole rings is 1. The molecule has 3 aromatic heterocycles. The molecule has 8 nitrogen and oxygen atoms in total. The van der Waals surface area contributed by atoms with E-state index in [0.29, 0.717) is 22.9 Å². The molecule has 4 rings (SSSR count). The van der Waals surface area contributed by atoms with Crippen molar-refractivity contribution in [1.29, 1.82) is 0 Å². The number of nitrogens with zero attached hydrogens (tertiary/aromatic N) is 8. The minimum atomic E-state index is -0.424. The van der Waals surface area contributed by atoms with E-state index in [1.807, 2.05) is 32.3 Å². The molecule has 1 aliphatic rings. The Bertz CT molecular complexity index is 1280. The standard InChI is InChI=1S/C27H34FIN8/c1-7-21(13-25-19(5)33-20(6)36(25)18(3)4)23-14-26(30-17-24(23)28)37(29)27-31-15-22(16-32-27)35-11-9-34(8-2)10-12-35/h7,13-18H,1,8-12H2,2-6H3/b21-13+. The first-order valence-corrected chi connectivity index (χ1v) is 13.5. The number of pyridine rings is 1. The van der Waals surface area contributed by atoms with Crippen LogP contribution in [0.1, 0.15) is 49.6 Å². The van der Waals surface area contributed by atoms with Gasteiger partial charge in [-0.3, -0.25) is 0 Å². The van der Waals surface area contributed by atoms with Gasteiger partial charge in [-0.05, 0) is 52.0 Å². The molecule has 1 aliphatic heterocycles. The van der Waals surface area contributed by atoms with Crippen LogP contribution in [-0.2, 0) is 0 Å². The maximum absolute atomic E-state index is 15.0. The number of hydrogen-bond donors (Lipinski definition) is 0. The van der Waals surface area contributed by atoms with E-state index in [0.717, 1.165) is 55.6 Å². The number of hydrogen-bond acceptors (Lipinski definition) is 7. The molecule has 196 valence electrons. The van der Waals surface area contributed by atoms with E-state index in [2.05, 4.69) is 84.5 Å². The van der Waals surface area contributed by atoms with Crippen LogP contribution >= 0.6 is 22.9 Å². The molecule has 0 amide bonds. The number of likely N-dealkylation sites (N-methyl/N-ethyl adjacent to an activating group) is 1. The third-order valence-corrected chi connectivity index (χ3v) is 7.60. The Balaban J connectivity index is 1.60. The molecule has 1 fully saturated rings.